The molecule has 1 N–H and O–H groups in total. The fourth-order valence-corrected chi connectivity index (χ4v) is 2.68. The molecule has 0 spiro atoms. The maximum atomic E-state index is 9.62. The number of aliphatic hydroxyl groups excluding tert-OH is 1. The van der Waals surface area contributed by atoms with Gasteiger partial charge in [0, 0.05) is 12.5 Å². The van der Waals surface area contributed by atoms with Crippen LogP contribution in [0.2, 0.25) is 18.1 Å². The van der Waals surface area contributed by atoms with Crippen molar-refractivity contribution in [3.05, 3.63) is 0 Å². The second-order valence-corrected chi connectivity index (χ2v) is 10.6. The Bertz CT molecular complexity index is 336. The molecule has 0 aliphatic heterocycles. The van der Waals surface area contributed by atoms with Gasteiger partial charge in [-0.1, -0.05) is 26.7 Å². The lowest BCUT2D eigenvalue weighted by Crippen LogP contribution is -2.43. The van der Waals surface area contributed by atoms with E-state index >= 15 is 0 Å². The highest BCUT2D eigenvalue weighted by atomic mass is 28.4. The second-order valence-electron chi connectivity index (χ2n) is 5.85. The Hall–Kier alpha value is -0.743. The molecule has 2 nitrogen and oxygen atoms in total. The smallest absolute Gasteiger partial charge is 0.192 e. The zero-order valence-corrected chi connectivity index (χ0v) is 12.8. The molecule has 96 valence electrons. The predicted octanol–water partition coefficient (Wildman–Crippen LogP) is 2.78. The Labute approximate surface area is 107 Å². The van der Waals surface area contributed by atoms with Gasteiger partial charge in [0.2, 0.25) is 0 Å². The molecule has 0 heterocycles. The first-order chi connectivity index (χ1) is 7.60. The lowest BCUT2D eigenvalue weighted by Gasteiger charge is -2.38. The van der Waals surface area contributed by atoms with Crippen molar-refractivity contribution in [1.29, 1.82) is 0 Å². The first-order valence-electron chi connectivity index (χ1n) is 5.92. The molecule has 0 saturated carbocycles. The summed E-state index contributed by atoms with van der Waals surface area (Å²) in [6, 6.07) is 0. The van der Waals surface area contributed by atoms with Gasteiger partial charge in [0.15, 0.2) is 8.32 Å². The molecule has 0 aliphatic carbocycles. The predicted molar refractivity (Wildman–Crippen MR) is 75.0 cm³/mol. The van der Waals surface area contributed by atoms with Crippen LogP contribution >= 0.6 is 0 Å². The van der Waals surface area contributed by atoms with Crippen LogP contribution in [0.5, 0.6) is 0 Å². The van der Waals surface area contributed by atoms with Crippen LogP contribution in [0.1, 0.15) is 34.1 Å². The standard InChI is InChI=1S/C14H24O2Si/c1-8-9-10-13(15)11-12(2)16-17(6,7)14(3,4)5/h1,12-13,15H,11H2,2-7H3/t12-,13?/m0/s1. The molecule has 3 heteroatoms. The highest BCUT2D eigenvalue weighted by Gasteiger charge is 2.38. The van der Waals surface area contributed by atoms with Crippen LogP contribution in [-0.4, -0.2) is 25.6 Å². The van der Waals surface area contributed by atoms with Gasteiger partial charge in [-0.15, -0.1) is 6.42 Å². The Morgan fingerprint density at radius 2 is 1.88 bits per heavy atom. The lowest BCUT2D eigenvalue weighted by molar-refractivity contribution is 0.126. The van der Waals surface area contributed by atoms with E-state index < -0.39 is 14.4 Å². The normalized spacial score (nSPS) is 15.4. The van der Waals surface area contributed by atoms with E-state index in [0.717, 1.165) is 0 Å². The zero-order chi connectivity index (χ0) is 13.7. The Kier molecular flexibility index (Phi) is 5.99. The van der Waals surface area contributed by atoms with Gasteiger partial charge in [0.1, 0.15) is 6.10 Å². The monoisotopic (exact) mass is 252 g/mol. The molecular formula is C14H24O2Si. The van der Waals surface area contributed by atoms with Gasteiger partial charge in [-0.3, -0.25) is 0 Å². The molecule has 0 aromatic rings. The summed E-state index contributed by atoms with van der Waals surface area (Å²) in [5.74, 6) is 7.21. The molecule has 0 fully saturated rings. The van der Waals surface area contributed by atoms with E-state index in [1.165, 1.54) is 0 Å². The van der Waals surface area contributed by atoms with E-state index in [1.807, 2.05) is 6.92 Å². The lowest BCUT2D eigenvalue weighted by atomic mass is 10.2. The van der Waals surface area contributed by atoms with Crippen molar-refractivity contribution in [3.63, 3.8) is 0 Å². The molecule has 17 heavy (non-hydrogen) atoms. The summed E-state index contributed by atoms with van der Waals surface area (Å²) in [6.07, 6.45) is 4.80. The number of hydrogen-bond donors (Lipinski definition) is 1. The molecule has 0 rings (SSSR count). The molecule has 0 bridgehead atoms. The summed E-state index contributed by atoms with van der Waals surface area (Å²) in [5, 5.41) is 9.79. The highest BCUT2D eigenvalue weighted by Crippen LogP contribution is 2.37. The van der Waals surface area contributed by atoms with Crippen molar-refractivity contribution >= 4 is 8.32 Å². The molecule has 0 aromatic carbocycles. The fourth-order valence-electron chi connectivity index (χ4n) is 1.23. The summed E-state index contributed by atoms with van der Waals surface area (Å²) in [6.45, 7) is 13.0. The summed E-state index contributed by atoms with van der Waals surface area (Å²) >= 11 is 0. The van der Waals surface area contributed by atoms with Crippen molar-refractivity contribution in [3.8, 4) is 24.2 Å². The molecule has 0 radical (unpaired) electrons. The van der Waals surface area contributed by atoms with Crippen LogP contribution in [-0.2, 0) is 4.43 Å². The summed E-state index contributed by atoms with van der Waals surface area (Å²) < 4.78 is 6.11. The molecule has 0 amide bonds. The van der Waals surface area contributed by atoms with E-state index in [9.17, 15) is 5.11 Å². The Morgan fingerprint density at radius 1 is 1.35 bits per heavy atom. The minimum atomic E-state index is -1.77. The van der Waals surface area contributed by atoms with Crippen LogP contribution in [0.3, 0.4) is 0 Å². The van der Waals surface area contributed by atoms with E-state index in [1.54, 1.807) is 0 Å². The summed E-state index contributed by atoms with van der Waals surface area (Å²) in [5.41, 5.74) is 0. The molecule has 0 aromatic heterocycles. The summed E-state index contributed by atoms with van der Waals surface area (Å²) in [4.78, 5) is 0. The molecule has 0 saturated heterocycles. The highest BCUT2D eigenvalue weighted by molar-refractivity contribution is 6.74. The third kappa shape index (κ3) is 5.93. The van der Waals surface area contributed by atoms with Crippen LogP contribution < -0.4 is 0 Å². The largest absolute Gasteiger partial charge is 0.414 e. The molecule has 0 aliphatic rings. The van der Waals surface area contributed by atoms with Crippen LogP contribution in [0, 0.1) is 24.2 Å². The SMILES string of the molecule is C#CC#CC(O)C[C@H](C)O[Si](C)(C)C(C)(C)C. The van der Waals surface area contributed by atoms with Crippen molar-refractivity contribution in [2.24, 2.45) is 0 Å². The topological polar surface area (TPSA) is 29.5 Å². The number of hydrogen-bond acceptors (Lipinski definition) is 2. The van der Waals surface area contributed by atoms with E-state index in [2.05, 4.69) is 51.6 Å². The minimum Gasteiger partial charge on any atom is -0.414 e. The van der Waals surface area contributed by atoms with Gasteiger partial charge in [-0.25, -0.2) is 0 Å². The van der Waals surface area contributed by atoms with Crippen LogP contribution in [0.25, 0.3) is 0 Å². The Morgan fingerprint density at radius 3 is 2.29 bits per heavy atom. The molecular weight excluding hydrogens is 228 g/mol. The molecule has 1 unspecified atom stereocenters. The van der Waals surface area contributed by atoms with E-state index in [-0.39, 0.29) is 11.1 Å². The maximum absolute atomic E-state index is 9.62. The van der Waals surface area contributed by atoms with Gasteiger partial charge in [0.25, 0.3) is 0 Å². The quantitative estimate of drug-likeness (QED) is 0.616. The van der Waals surface area contributed by atoms with Crippen molar-refractivity contribution in [2.75, 3.05) is 0 Å². The Balaban J connectivity index is 4.38. The number of rotatable bonds is 4. The van der Waals surface area contributed by atoms with E-state index in [0.29, 0.717) is 6.42 Å². The average Bonchev–Trinajstić information content (AvgIpc) is 2.11. The van der Waals surface area contributed by atoms with Gasteiger partial charge in [-0.05, 0) is 36.9 Å². The molecule has 2 atom stereocenters. The van der Waals surface area contributed by atoms with Gasteiger partial charge >= 0.3 is 0 Å². The number of aliphatic hydroxyl groups is 1. The first kappa shape index (κ1) is 16.3. The fraction of sp³-hybridized carbons (Fsp3) is 0.714. The zero-order valence-electron chi connectivity index (χ0n) is 11.8. The third-order valence-electron chi connectivity index (χ3n) is 3.17. The first-order valence-corrected chi connectivity index (χ1v) is 8.83. The van der Waals surface area contributed by atoms with Crippen molar-refractivity contribution in [1.82, 2.24) is 0 Å². The van der Waals surface area contributed by atoms with E-state index in [4.69, 9.17) is 10.8 Å². The van der Waals surface area contributed by atoms with Gasteiger partial charge in [-0.2, -0.15) is 0 Å². The number of terminal acetylenes is 1. The minimum absolute atomic E-state index is 0.00188. The van der Waals surface area contributed by atoms with Crippen LogP contribution in [0.4, 0.5) is 0 Å². The van der Waals surface area contributed by atoms with Crippen LogP contribution in [0.15, 0.2) is 0 Å². The van der Waals surface area contributed by atoms with Gasteiger partial charge in [0.05, 0.1) is 0 Å². The van der Waals surface area contributed by atoms with Crippen molar-refractivity contribution in [2.45, 2.75) is 64.5 Å². The third-order valence-corrected chi connectivity index (χ3v) is 7.77. The summed E-state index contributed by atoms with van der Waals surface area (Å²) in [7, 11) is -1.77. The van der Waals surface area contributed by atoms with Crippen molar-refractivity contribution < 1.29 is 9.53 Å². The second kappa shape index (κ2) is 6.26. The van der Waals surface area contributed by atoms with Gasteiger partial charge < -0.3 is 9.53 Å². The average molecular weight is 252 g/mol. The maximum Gasteiger partial charge on any atom is 0.192 e.